The Morgan fingerprint density at radius 2 is 2.11 bits per heavy atom. The molecule has 1 atom stereocenters. The summed E-state index contributed by atoms with van der Waals surface area (Å²) >= 11 is 0. The molecule has 0 aromatic carbocycles. The average molecular weight is 288 g/mol. The highest BCUT2D eigenvalue weighted by atomic mass is 32.2. The van der Waals surface area contributed by atoms with E-state index >= 15 is 0 Å². The van der Waals surface area contributed by atoms with E-state index in [4.69, 9.17) is 0 Å². The van der Waals surface area contributed by atoms with Gasteiger partial charge in [-0.2, -0.15) is 0 Å². The van der Waals surface area contributed by atoms with Crippen LogP contribution < -0.4 is 10.6 Å². The van der Waals surface area contributed by atoms with Crippen LogP contribution in [0.25, 0.3) is 0 Å². The number of nitrogens with zero attached hydrogens (tertiary/aromatic N) is 2. The molecular formula is C10H16N4O4S. The molecule has 19 heavy (non-hydrogen) atoms. The Bertz CT molecular complexity index is 573. The first kappa shape index (κ1) is 15.2. The van der Waals surface area contributed by atoms with Crippen LogP contribution in [0.2, 0.25) is 0 Å². The van der Waals surface area contributed by atoms with Crippen LogP contribution in [0.15, 0.2) is 12.1 Å². The second kappa shape index (κ2) is 5.83. The minimum absolute atomic E-state index is 0.0491. The number of hydrogen-bond acceptors (Lipinski definition) is 7. The summed E-state index contributed by atoms with van der Waals surface area (Å²) in [4.78, 5) is 14.3. The van der Waals surface area contributed by atoms with Gasteiger partial charge in [-0.1, -0.05) is 0 Å². The lowest BCUT2D eigenvalue weighted by molar-refractivity contribution is -0.384. The average Bonchev–Trinajstić information content (AvgIpc) is 2.25. The zero-order chi connectivity index (χ0) is 14.6. The third-order valence-corrected chi connectivity index (χ3v) is 3.37. The number of nitro groups is 1. The van der Waals surface area contributed by atoms with Gasteiger partial charge >= 0.3 is 5.69 Å². The zero-order valence-corrected chi connectivity index (χ0v) is 11.7. The molecule has 1 aromatic rings. The lowest BCUT2D eigenvalue weighted by atomic mass is 10.3. The molecule has 0 saturated heterocycles. The molecular weight excluding hydrogens is 272 g/mol. The number of anilines is 2. The SMILES string of the molecule is CNc1ccc([N+](=O)[O-])c(NC(C)CS(C)(=O)=O)n1. The monoisotopic (exact) mass is 288 g/mol. The van der Waals surface area contributed by atoms with Crippen LogP contribution in [0, 0.1) is 10.1 Å². The van der Waals surface area contributed by atoms with Gasteiger partial charge in [0.1, 0.15) is 15.7 Å². The van der Waals surface area contributed by atoms with Crippen molar-refractivity contribution in [2.45, 2.75) is 13.0 Å². The summed E-state index contributed by atoms with van der Waals surface area (Å²) in [7, 11) is -1.53. The number of pyridine rings is 1. The van der Waals surface area contributed by atoms with E-state index in [2.05, 4.69) is 15.6 Å². The van der Waals surface area contributed by atoms with Crippen molar-refractivity contribution in [3.05, 3.63) is 22.2 Å². The highest BCUT2D eigenvalue weighted by Gasteiger charge is 2.19. The summed E-state index contributed by atoms with van der Waals surface area (Å²) in [5.41, 5.74) is -0.195. The molecule has 1 unspecified atom stereocenters. The van der Waals surface area contributed by atoms with E-state index in [0.717, 1.165) is 6.26 Å². The number of nitrogens with one attached hydrogen (secondary N) is 2. The summed E-state index contributed by atoms with van der Waals surface area (Å²) in [5, 5.41) is 16.4. The Hall–Kier alpha value is -1.90. The molecule has 0 fully saturated rings. The van der Waals surface area contributed by atoms with Crippen LogP contribution >= 0.6 is 0 Å². The Morgan fingerprint density at radius 3 is 2.58 bits per heavy atom. The third kappa shape index (κ3) is 4.70. The van der Waals surface area contributed by atoms with E-state index in [9.17, 15) is 18.5 Å². The van der Waals surface area contributed by atoms with E-state index in [1.54, 1.807) is 14.0 Å². The summed E-state index contributed by atoms with van der Waals surface area (Å²) < 4.78 is 22.3. The van der Waals surface area contributed by atoms with Gasteiger partial charge in [0.15, 0.2) is 0 Å². The molecule has 1 heterocycles. The van der Waals surface area contributed by atoms with Crippen molar-refractivity contribution in [2.75, 3.05) is 29.7 Å². The van der Waals surface area contributed by atoms with E-state index in [-0.39, 0.29) is 17.3 Å². The van der Waals surface area contributed by atoms with Crippen LogP contribution in [0.3, 0.4) is 0 Å². The topological polar surface area (TPSA) is 114 Å². The molecule has 1 rings (SSSR count). The molecule has 0 aliphatic heterocycles. The minimum Gasteiger partial charge on any atom is -0.373 e. The first-order chi connectivity index (χ1) is 8.73. The van der Waals surface area contributed by atoms with Gasteiger partial charge in [-0.15, -0.1) is 0 Å². The molecule has 0 spiro atoms. The highest BCUT2D eigenvalue weighted by Crippen LogP contribution is 2.24. The molecule has 0 saturated carbocycles. The van der Waals surface area contributed by atoms with Crippen molar-refractivity contribution >= 4 is 27.2 Å². The quantitative estimate of drug-likeness (QED) is 0.589. The second-order valence-electron chi connectivity index (χ2n) is 4.21. The van der Waals surface area contributed by atoms with Crippen molar-refractivity contribution in [3.8, 4) is 0 Å². The number of sulfone groups is 1. The van der Waals surface area contributed by atoms with E-state index in [0.29, 0.717) is 5.82 Å². The highest BCUT2D eigenvalue weighted by molar-refractivity contribution is 7.90. The van der Waals surface area contributed by atoms with Gasteiger partial charge < -0.3 is 10.6 Å². The summed E-state index contributed by atoms with van der Waals surface area (Å²) in [5.74, 6) is 0.378. The summed E-state index contributed by atoms with van der Waals surface area (Å²) in [6.45, 7) is 1.62. The fourth-order valence-electron chi connectivity index (χ4n) is 1.57. The summed E-state index contributed by atoms with van der Waals surface area (Å²) in [6, 6.07) is 2.31. The largest absolute Gasteiger partial charge is 0.373 e. The van der Waals surface area contributed by atoms with Crippen molar-refractivity contribution in [1.82, 2.24) is 4.98 Å². The van der Waals surface area contributed by atoms with Crippen LogP contribution in [0.5, 0.6) is 0 Å². The Balaban J connectivity index is 3.00. The molecule has 0 radical (unpaired) electrons. The Labute approximate surface area is 111 Å². The van der Waals surface area contributed by atoms with Crippen LogP contribution in [-0.4, -0.2) is 43.4 Å². The third-order valence-electron chi connectivity index (χ3n) is 2.26. The lowest BCUT2D eigenvalue weighted by Crippen LogP contribution is -2.26. The second-order valence-corrected chi connectivity index (χ2v) is 6.39. The summed E-state index contributed by atoms with van der Waals surface area (Å²) in [6.07, 6.45) is 1.11. The van der Waals surface area contributed by atoms with E-state index in [1.165, 1.54) is 12.1 Å². The molecule has 0 aliphatic carbocycles. The van der Waals surface area contributed by atoms with Crippen molar-refractivity contribution in [2.24, 2.45) is 0 Å². The maximum atomic E-state index is 11.2. The first-order valence-electron chi connectivity index (χ1n) is 5.50. The van der Waals surface area contributed by atoms with Crippen LogP contribution in [0.1, 0.15) is 6.92 Å². The normalized spacial score (nSPS) is 12.8. The van der Waals surface area contributed by atoms with Crippen LogP contribution in [0.4, 0.5) is 17.3 Å². The molecule has 0 bridgehead atoms. The predicted octanol–water partition coefficient (Wildman–Crippen LogP) is 0.876. The van der Waals surface area contributed by atoms with Crippen molar-refractivity contribution in [1.29, 1.82) is 0 Å². The number of rotatable bonds is 6. The van der Waals surface area contributed by atoms with Gasteiger partial charge in [0.25, 0.3) is 0 Å². The van der Waals surface area contributed by atoms with Crippen molar-refractivity contribution in [3.63, 3.8) is 0 Å². The van der Waals surface area contributed by atoms with Gasteiger partial charge in [0.05, 0.1) is 10.7 Å². The van der Waals surface area contributed by atoms with Gasteiger partial charge in [-0.05, 0) is 13.0 Å². The molecule has 0 amide bonds. The smallest absolute Gasteiger partial charge is 0.311 e. The predicted molar refractivity (Wildman–Crippen MR) is 73.2 cm³/mol. The Morgan fingerprint density at radius 1 is 1.47 bits per heavy atom. The standard InChI is InChI=1S/C10H16N4O4S/c1-7(6-19(3,17)18)12-10-8(14(15)16)4-5-9(11-2)13-10/h4-5,7H,6H2,1-3H3,(H2,11,12,13). The molecule has 8 nitrogen and oxygen atoms in total. The van der Waals surface area contributed by atoms with Crippen molar-refractivity contribution < 1.29 is 13.3 Å². The fraction of sp³-hybridized carbons (Fsp3) is 0.500. The van der Waals surface area contributed by atoms with Crippen LogP contribution in [-0.2, 0) is 9.84 Å². The number of aromatic nitrogens is 1. The lowest BCUT2D eigenvalue weighted by Gasteiger charge is -2.14. The molecule has 9 heteroatoms. The van der Waals surface area contributed by atoms with Gasteiger partial charge in [0, 0.05) is 25.4 Å². The molecule has 0 aliphatic rings. The first-order valence-corrected chi connectivity index (χ1v) is 7.56. The minimum atomic E-state index is -3.17. The van der Waals surface area contributed by atoms with Gasteiger partial charge in [0.2, 0.25) is 5.82 Å². The van der Waals surface area contributed by atoms with E-state index < -0.39 is 20.8 Å². The van der Waals surface area contributed by atoms with Gasteiger partial charge in [-0.3, -0.25) is 10.1 Å². The molecule has 2 N–H and O–H groups in total. The molecule has 106 valence electrons. The molecule has 1 aromatic heterocycles. The zero-order valence-electron chi connectivity index (χ0n) is 10.9. The fourth-order valence-corrected chi connectivity index (χ4v) is 2.57. The Kier molecular flexibility index (Phi) is 4.65. The van der Waals surface area contributed by atoms with E-state index in [1.807, 2.05) is 0 Å². The maximum absolute atomic E-state index is 11.2. The maximum Gasteiger partial charge on any atom is 0.311 e. The van der Waals surface area contributed by atoms with Gasteiger partial charge in [-0.25, -0.2) is 13.4 Å². The number of hydrogen-bond donors (Lipinski definition) is 2.